The number of hydrogen-bond acceptors (Lipinski definition) is 5. The molecule has 0 spiro atoms. The Morgan fingerprint density at radius 1 is 1.50 bits per heavy atom. The Hall–Kier alpha value is -0.180. The third-order valence-electron chi connectivity index (χ3n) is 3.27. The van der Waals surface area contributed by atoms with Crippen LogP contribution in [0.15, 0.2) is 10.3 Å². The minimum atomic E-state index is -3.45. The van der Waals surface area contributed by atoms with Gasteiger partial charge in [-0.25, -0.2) is 8.42 Å². The Kier molecular flexibility index (Phi) is 5.44. The molecule has 0 atom stereocenters. The van der Waals surface area contributed by atoms with Crippen molar-refractivity contribution in [2.24, 2.45) is 0 Å². The number of thiophene rings is 1. The van der Waals surface area contributed by atoms with Gasteiger partial charge in [0.05, 0.1) is 23.7 Å². The van der Waals surface area contributed by atoms with Crippen LogP contribution in [0, 0.1) is 6.92 Å². The standard InChI is InChI=1S/C12H18ClNO4S2/c1-9-8-11(19-12(9)13)20(16,17)14-4-2-10(3-5-14)18-7-6-15/h8,10,15H,2-7H2,1H3. The lowest BCUT2D eigenvalue weighted by Gasteiger charge is -2.30. The summed E-state index contributed by atoms with van der Waals surface area (Å²) in [5, 5.41) is 8.71. The van der Waals surface area contributed by atoms with E-state index in [2.05, 4.69) is 0 Å². The largest absolute Gasteiger partial charge is 0.394 e. The van der Waals surface area contributed by atoms with E-state index in [1.54, 1.807) is 13.0 Å². The van der Waals surface area contributed by atoms with Gasteiger partial charge in [-0.05, 0) is 31.4 Å². The molecule has 5 nitrogen and oxygen atoms in total. The van der Waals surface area contributed by atoms with Crippen molar-refractivity contribution in [2.45, 2.75) is 30.1 Å². The summed E-state index contributed by atoms with van der Waals surface area (Å²) in [6.45, 7) is 2.97. The van der Waals surface area contributed by atoms with Crippen LogP contribution in [-0.2, 0) is 14.8 Å². The van der Waals surface area contributed by atoms with E-state index >= 15 is 0 Å². The average molecular weight is 340 g/mol. The maximum absolute atomic E-state index is 12.5. The summed E-state index contributed by atoms with van der Waals surface area (Å²) in [5.74, 6) is 0. The van der Waals surface area contributed by atoms with E-state index < -0.39 is 10.0 Å². The van der Waals surface area contributed by atoms with Gasteiger partial charge in [0.15, 0.2) is 0 Å². The van der Waals surface area contributed by atoms with Gasteiger partial charge in [0.25, 0.3) is 10.0 Å². The van der Waals surface area contributed by atoms with Crippen molar-refractivity contribution < 1.29 is 18.3 Å². The molecule has 2 rings (SSSR count). The van der Waals surface area contributed by atoms with Gasteiger partial charge in [0, 0.05) is 13.1 Å². The highest BCUT2D eigenvalue weighted by Gasteiger charge is 2.31. The van der Waals surface area contributed by atoms with Crippen molar-refractivity contribution in [3.05, 3.63) is 16.0 Å². The summed E-state index contributed by atoms with van der Waals surface area (Å²) in [7, 11) is -3.45. The summed E-state index contributed by atoms with van der Waals surface area (Å²) in [4.78, 5) is 0. The van der Waals surface area contributed by atoms with Crippen molar-refractivity contribution in [3.63, 3.8) is 0 Å². The minimum absolute atomic E-state index is 0.00845. The molecule has 8 heteroatoms. The highest BCUT2D eigenvalue weighted by atomic mass is 35.5. The van der Waals surface area contributed by atoms with Crippen LogP contribution < -0.4 is 0 Å². The van der Waals surface area contributed by atoms with Crippen molar-refractivity contribution in [2.75, 3.05) is 26.3 Å². The zero-order chi connectivity index (χ0) is 14.8. The second-order valence-corrected chi connectivity index (χ2v) is 8.54. The lowest BCUT2D eigenvalue weighted by atomic mass is 10.1. The molecule has 1 aromatic heterocycles. The summed E-state index contributed by atoms with van der Waals surface area (Å²) < 4.78 is 32.7. The molecule has 0 radical (unpaired) electrons. The van der Waals surface area contributed by atoms with Crippen LogP contribution in [0.3, 0.4) is 0 Å². The monoisotopic (exact) mass is 339 g/mol. The maximum Gasteiger partial charge on any atom is 0.252 e. The number of aryl methyl sites for hydroxylation is 1. The SMILES string of the molecule is Cc1cc(S(=O)(=O)N2CCC(OCCO)CC2)sc1Cl. The summed E-state index contributed by atoms with van der Waals surface area (Å²) in [6, 6.07) is 1.62. The molecule has 1 fully saturated rings. The molecular weight excluding hydrogens is 322 g/mol. The Balaban J connectivity index is 2.02. The Labute approximate surface area is 128 Å². The molecule has 1 aromatic rings. The number of ether oxygens (including phenoxy) is 1. The lowest BCUT2D eigenvalue weighted by Crippen LogP contribution is -2.40. The first-order valence-corrected chi connectivity index (χ1v) is 9.07. The predicted octanol–water partition coefficient (Wildman–Crippen LogP) is 1.87. The number of aliphatic hydroxyl groups excluding tert-OH is 1. The topological polar surface area (TPSA) is 66.8 Å². The van der Waals surface area contributed by atoms with E-state index in [1.165, 1.54) is 4.31 Å². The van der Waals surface area contributed by atoms with Crippen molar-refractivity contribution >= 4 is 33.0 Å². The molecule has 0 saturated carbocycles. The second kappa shape index (κ2) is 6.72. The maximum atomic E-state index is 12.5. The van der Waals surface area contributed by atoms with Gasteiger partial charge in [-0.1, -0.05) is 11.6 Å². The smallest absolute Gasteiger partial charge is 0.252 e. The van der Waals surface area contributed by atoms with Crippen LogP contribution in [0.1, 0.15) is 18.4 Å². The number of halogens is 1. The third kappa shape index (κ3) is 3.52. The molecule has 1 saturated heterocycles. The van der Waals surface area contributed by atoms with Gasteiger partial charge in [-0.15, -0.1) is 11.3 Å². The molecule has 2 heterocycles. The second-order valence-electron chi connectivity index (χ2n) is 4.72. The third-order valence-corrected chi connectivity index (χ3v) is 7.18. The van der Waals surface area contributed by atoms with E-state index in [0.29, 0.717) is 41.1 Å². The van der Waals surface area contributed by atoms with Gasteiger partial charge in [0.1, 0.15) is 4.21 Å². The van der Waals surface area contributed by atoms with E-state index in [-0.39, 0.29) is 12.7 Å². The normalized spacial score (nSPS) is 18.6. The lowest BCUT2D eigenvalue weighted by molar-refractivity contribution is 0.00320. The number of aliphatic hydroxyl groups is 1. The van der Waals surface area contributed by atoms with Crippen LogP contribution in [0.25, 0.3) is 0 Å². The van der Waals surface area contributed by atoms with Crippen LogP contribution in [0.4, 0.5) is 0 Å². The average Bonchev–Trinajstić information content (AvgIpc) is 2.77. The van der Waals surface area contributed by atoms with Crippen LogP contribution in [0.2, 0.25) is 4.34 Å². The molecule has 0 aromatic carbocycles. The van der Waals surface area contributed by atoms with E-state index in [1.807, 2.05) is 0 Å². The number of piperidine rings is 1. The fraction of sp³-hybridized carbons (Fsp3) is 0.667. The summed E-state index contributed by atoms with van der Waals surface area (Å²) in [6.07, 6.45) is 1.33. The first kappa shape index (κ1) is 16.2. The molecule has 0 aliphatic carbocycles. The summed E-state index contributed by atoms with van der Waals surface area (Å²) >= 11 is 7.05. The van der Waals surface area contributed by atoms with Gasteiger partial charge >= 0.3 is 0 Å². The van der Waals surface area contributed by atoms with E-state index in [4.69, 9.17) is 21.4 Å². The molecule has 1 aliphatic rings. The molecule has 1 N–H and O–H groups in total. The molecular formula is C12H18ClNO4S2. The highest BCUT2D eigenvalue weighted by molar-refractivity contribution is 7.91. The quantitative estimate of drug-likeness (QED) is 0.889. The van der Waals surface area contributed by atoms with Gasteiger partial charge < -0.3 is 9.84 Å². The molecule has 0 amide bonds. The van der Waals surface area contributed by atoms with E-state index in [0.717, 1.165) is 16.9 Å². The molecule has 0 unspecified atom stereocenters. The van der Waals surface area contributed by atoms with Crippen LogP contribution in [-0.4, -0.2) is 50.2 Å². The van der Waals surface area contributed by atoms with Gasteiger partial charge in [-0.2, -0.15) is 4.31 Å². The minimum Gasteiger partial charge on any atom is -0.394 e. The van der Waals surface area contributed by atoms with Gasteiger partial charge in [0.2, 0.25) is 0 Å². The van der Waals surface area contributed by atoms with Crippen molar-refractivity contribution in [3.8, 4) is 0 Å². The Bertz CT molecular complexity index is 530. The zero-order valence-corrected chi connectivity index (χ0v) is 13.6. The Morgan fingerprint density at radius 2 is 2.15 bits per heavy atom. The van der Waals surface area contributed by atoms with E-state index in [9.17, 15) is 8.42 Å². The highest BCUT2D eigenvalue weighted by Crippen LogP contribution is 2.33. The fourth-order valence-electron chi connectivity index (χ4n) is 2.14. The van der Waals surface area contributed by atoms with Gasteiger partial charge in [-0.3, -0.25) is 0 Å². The first-order valence-electron chi connectivity index (χ1n) is 6.43. The number of nitrogens with zero attached hydrogens (tertiary/aromatic N) is 1. The molecule has 0 bridgehead atoms. The predicted molar refractivity (Wildman–Crippen MR) is 78.9 cm³/mol. The number of hydrogen-bond donors (Lipinski definition) is 1. The van der Waals surface area contributed by atoms with Crippen LogP contribution in [0.5, 0.6) is 0 Å². The fourth-order valence-corrected chi connectivity index (χ4v) is 5.48. The molecule has 20 heavy (non-hydrogen) atoms. The molecule has 114 valence electrons. The van der Waals surface area contributed by atoms with Crippen molar-refractivity contribution in [1.82, 2.24) is 4.31 Å². The zero-order valence-electron chi connectivity index (χ0n) is 11.2. The Morgan fingerprint density at radius 3 is 2.65 bits per heavy atom. The summed E-state index contributed by atoms with van der Waals surface area (Å²) in [5.41, 5.74) is 0.788. The molecule has 1 aliphatic heterocycles. The number of sulfonamides is 1. The first-order chi connectivity index (χ1) is 9.45. The van der Waals surface area contributed by atoms with Crippen molar-refractivity contribution in [1.29, 1.82) is 0 Å². The number of rotatable bonds is 5. The van der Waals surface area contributed by atoms with Crippen LogP contribution >= 0.6 is 22.9 Å².